The molecule has 2 aromatic heterocycles. The summed E-state index contributed by atoms with van der Waals surface area (Å²) in [6.45, 7) is 2.02. The van der Waals surface area contributed by atoms with Crippen LogP contribution in [0, 0.1) is 6.92 Å². The normalized spacial score (nSPS) is 14.0. The van der Waals surface area contributed by atoms with E-state index in [-0.39, 0.29) is 0 Å². The molecule has 27 heavy (non-hydrogen) atoms. The Hall–Kier alpha value is -2.73. The lowest BCUT2D eigenvalue weighted by Crippen LogP contribution is -2.02. The maximum absolute atomic E-state index is 4.81. The van der Waals surface area contributed by atoms with Gasteiger partial charge in [0.2, 0.25) is 0 Å². The highest BCUT2D eigenvalue weighted by Crippen LogP contribution is 2.41. The highest BCUT2D eigenvalue weighted by molar-refractivity contribution is 7.98. The fourth-order valence-corrected chi connectivity index (χ4v) is 4.16. The molecule has 0 N–H and O–H groups in total. The summed E-state index contributed by atoms with van der Waals surface area (Å²) in [4.78, 5) is 9.50. The lowest BCUT2D eigenvalue weighted by Gasteiger charge is -2.10. The minimum atomic E-state index is 0.536. The number of nitrogens with zero attached hydrogens (tertiary/aromatic N) is 5. The summed E-state index contributed by atoms with van der Waals surface area (Å²) in [6, 6.07) is 18.4. The Morgan fingerprint density at radius 2 is 1.63 bits per heavy atom. The Morgan fingerprint density at radius 3 is 2.37 bits per heavy atom. The van der Waals surface area contributed by atoms with Gasteiger partial charge in [0, 0.05) is 17.4 Å². The lowest BCUT2D eigenvalue weighted by molar-refractivity contribution is 0.829. The Balaban J connectivity index is 1.47. The van der Waals surface area contributed by atoms with Crippen LogP contribution in [-0.4, -0.2) is 24.7 Å². The van der Waals surface area contributed by atoms with Crippen LogP contribution in [-0.2, 0) is 5.75 Å². The quantitative estimate of drug-likeness (QED) is 0.475. The molecule has 0 bridgehead atoms. The van der Waals surface area contributed by atoms with Crippen LogP contribution in [0.3, 0.4) is 0 Å². The molecule has 5 nitrogen and oxygen atoms in total. The number of rotatable bonds is 5. The van der Waals surface area contributed by atoms with Gasteiger partial charge < -0.3 is 0 Å². The van der Waals surface area contributed by atoms with Gasteiger partial charge in [-0.3, -0.25) is 4.57 Å². The third-order valence-corrected chi connectivity index (χ3v) is 5.74. The zero-order chi connectivity index (χ0) is 18.2. The maximum Gasteiger partial charge on any atom is 0.196 e. The highest BCUT2D eigenvalue weighted by atomic mass is 32.2. The van der Waals surface area contributed by atoms with E-state index in [1.807, 2.05) is 37.3 Å². The molecule has 6 heteroatoms. The number of fused-ring (bicyclic) bond motifs is 1. The summed E-state index contributed by atoms with van der Waals surface area (Å²) in [5.74, 6) is 2.33. The summed E-state index contributed by atoms with van der Waals surface area (Å²) >= 11 is 1.67. The fourth-order valence-electron chi connectivity index (χ4n) is 3.19. The van der Waals surface area contributed by atoms with Crippen molar-refractivity contribution in [1.82, 2.24) is 24.7 Å². The summed E-state index contributed by atoms with van der Waals surface area (Å²) < 4.78 is 2.20. The maximum atomic E-state index is 4.81. The van der Waals surface area contributed by atoms with Crippen molar-refractivity contribution >= 4 is 22.8 Å². The minimum Gasteiger partial charge on any atom is -0.274 e. The van der Waals surface area contributed by atoms with Crippen LogP contribution in [0.15, 0.2) is 59.8 Å². The molecule has 5 rings (SSSR count). The third kappa shape index (κ3) is 3.21. The molecule has 1 aliphatic carbocycles. The largest absolute Gasteiger partial charge is 0.274 e. The van der Waals surface area contributed by atoms with E-state index in [0.29, 0.717) is 5.92 Å². The zero-order valence-corrected chi connectivity index (χ0v) is 15.9. The molecule has 2 aromatic carbocycles. The lowest BCUT2D eigenvalue weighted by atomic mass is 10.2. The van der Waals surface area contributed by atoms with Gasteiger partial charge in [-0.2, -0.15) is 0 Å². The number of aromatic nitrogens is 5. The van der Waals surface area contributed by atoms with Crippen LogP contribution in [0.4, 0.5) is 0 Å². The van der Waals surface area contributed by atoms with Crippen molar-refractivity contribution in [2.45, 2.75) is 36.6 Å². The molecule has 0 aliphatic heterocycles. The van der Waals surface area contributed by atoms with Gasteiger partial charge in [-0.15, -0.1) is 10.2 Å². The van der Waals surface area contributed by atoms with E-state index in [9.17, 15) is 0 Å². The van der Waals surface area contributed by atoms with Crippen LogP contribution in [0.2, 0.25) is 0 Å². The monoisotopic (exact) mass is 373 g/mol. The number of para-hydroxylation sites is 3. The van der Waals surface area contributed by atoms with Gasteiger partial charge in [0.05, 0.1) is 22.4 Å². The Morgan fingerprint density at radius 1 is 0.926 bits per heavy atom. The smallest absolute Gasteiger partial charge is 0.196 e. The van der Waals surface area contributed by atoms with Gasteiger partial charge in [0.25, 0.3) is 0 Å². The van der Waals surface area contributed by atoms with Crippen LogP contribution >= 0.6 is 11.8 Å². The zero-order valence-electron chi connectivity index (χ0n) is 15.0. The van der Waals surface area contributed by atoms with E-state index in [0.717, 1.165) is 44.8 Å². The summed E-state index contributed by atoms with van der Waals surface area (Å²) in [5, 5.41) is 9.90. The molecule has 0 atom stereocenters. The van der Waals surface area contributed by atoms with Crippen molar-refractivity contribution in [1.29, 1.82) is 0 Å². The van der Waals surface area contributed by atoms with E-state index >= 15 is 0 Å². The van der Waals surface area contributed by atoms with E-state index in [1.54, 1.807) is 11.8 Å². The van der Waals surface area contributed by atoms with E-state index in [1.165, 1.54) is 12.8 Å². The second-order valence-electron chi connectivity index (χ2n) is 6.82. The van der Waals surface area contributed by atoms with Gasteiger partial charge in [0.1, 0.15) is 5.82 Å². The molecule has 0 unspecified atom stereocenters. The second-order valence-corrected chi connectivity index (χ2v) is 7.76. The van der Waals surface area contributed by atoms with Gasteiger partial charge >= 0.3 is 0 Å². The van der Waals surface area contributed by atoms with Crippen molar-refractivity contribution in [2.75, 3.05) is 0 Å². The Bertz CT molecular complexity index is 1100. The average Bonchev–Trinajstić information content (AvgIpc) is 3.46. The first-order valence-corrected chi connectivity index (χ1v) is 10.1. The van der Waals surface area contributed by atoms with Crippen molar-refractivity contribution in [3.05, 3.63) is 71.8 Å². The molecule has 2 heterocycles. The molecular formula is C21H19N5S. The van der Waals surface area contributed by atoms with Crippen molar-refractivity contribution in [2.24, 2.45) is 0 Å². The second kappa shape index (κ2) is 6.78. The minimum absolute atomic E-state index is 0.536. The Labute approximate surface area is 161 Å². The first-order valence-electron chi connectivity index (χ1n) is 9.15. The molecular weight excluding hydrogens is 354 g/mol. The molecule has 134 valence electrons. The topological polar surface area (TPSA) is 56.5 Å². The van der Waals surface area contributed by atoms with Crippen LogP contribution in [0.25, 0.3) is 16.7 Å². The molecule has 4 aromatic rings. The SMILES string of the molecule is Cc1nc2ccccc2nc1CSc1nnc(C2CC2)n1-c1ccccc1. The van der Waals surface area contributed by atoms with Crippen LogP contribution in [0.5, 0.6) is 0 Å². The summed E-state index contributed by atoms with van der Waals surface area (Å²) in [5.41, 5.74) is 4.95. The standard InChI is InChI=1S/C21H19N5S/c1-14-19(23-18-10-6-5-9-17(18)22-14)13-27-21-25-24-20(15-11-12-15)26(21)16-7-3-2-4-8-16/h2-10,15H,11-13H2,1H3. The highest BCUT2D eigenvalue weighted by Gasteiger charge is 2.31. The van der Waals surface area contributed by atoms with Crippen LogP contribution < -0.4 is 0 Å². The van der Waals surface area contributed by atoms with Gasteiger partial charge in [-0.25, -0.2) is 9.97 Å². The van der Waals surface area contributed by atoms with Crippen molar-refractivity contribution < 1.29 is 0 Å². The van der Waals surface area contributed by atoms with Gasteiger partial charge in [-0.05, 0) is 44.0 Å². The average molecular weight is 373 g/mol. The third-order valence-electron chi connectivity index (χ3n) is 4.80. The van der Waals surface area contributed by atoms with Gasteiger partial charge in [0.15, 0.2) is 5.16 Å². The first kappa shape index (κ1) is 16.4. The molecule has 1 aliphatic rings. The molecule has 0 spiro atoms. The first-order chi connectivity index (χ1) is 13.3. The van der Waals surface area contributed by atoms with E-state index in [4.69, 9.17) is 9.97 Å². The predicted octanol–water partition coefficient (Wildman–Crippen LogP) is 4.69. The number of hydrogen-bond acceptors (Lipinski definition) is 5. The Kier molecular flexibility index (Phi) is 4.13. The molecule has 0 amide bonds. The van der Waals surface area contributed by atoms with E-state index in [2.05, 4.69) is 39.0 Å². The molecule has 1 saturated carbocycles. The molecule has 1 fully saturated rings. The van der Waals surface area contributed by atoms with Gasteiger partial charge in [-0.1, -0.05) is 42.1 Å². The summed E-state index contributed by atoms with van der Waals surface area (Å²) in [6.07, 6.45) is 2.40. The van der Waals surface area contributed by atoms with Crippen molar-refractivity contribution in [3.8, 4) is 5.69 Å². The van der Waals surface area contributed by atoms with Crippen LogP contribution in [0.1, 0.15) is 36.0 Å². The number of aryl methyl sites for hydroxylation is 1. The molecule has 0 saturated heterocycles. The number of benzene rings is 2. The van der Waals surface area contributed by atoms with E-state index < -0.39 is 0 Å². The fraction of sp³-hybridized carbons (Fsp3) is 0.238. The predicted molar refractivity (Wildman–Crippen MR) is 107 cm³/mol. The van der Waals surface area contributed by atoms with Crippen molar-refractivity contribution in [3.63, 3.8) is 0 Å². The summed E-state index contributed by atoms with van der Waals surface area (Å²) in [7, 11) is 0. The number of hydrogen-bond donors (Lipinski definition) is 0. The molecule has 0 radical (unpaired) electrons. The number of thioether (sulfide) groups is 1.